The number of rotatable bonds is 6. The molecule has 5 saturated carbocycles. The van der Waals surface area contributed by atoms with Crippen LogP contribution in [0, 0.1) is 51.8 Å². The van der Waals surface area contributed by atoms with Gasteiger partial charge in [0, 0.05) is 18.6 Å². The molecule has 0 aromatic carbocycles. The Morgan fingerprint density at radius 1 is 1.12 bits per heavy atom. The second kappa shape index (κ2) is 7.68. The fraction of sp³-hybridized carbons (Fsp3) is 0.828. The molecule has 6 rings (SSSR count). The highest BCUT2D eigenvalue weighted by Gasteiger charge is 2.77. The number of aromatic nitrogens is 1. The summed E-state index contributed by atoms with van der Waals surface area (Å²) < 4.78 is 12.4. The predicted octanol–water partition coefficient (Wildman–Crippen LogP) is 5.87. The molecule has 4 nitrogen and oxygen atoms in total. The Labute approximate surface area is 199 Å². The lowest BCUT2D eigenvalue weighted by Gasteiger charge is -2.61. The smallest absolute Gasteiger partial charge is 0.213 e. The van der Waals surface area contributed by atoms with Crippen LogP contribution in [0.5, 0.6) is 5.88 Å². The molecule has 4 heteroatoms. The molecule has 0 amide bonds. The van der Waals surface area contributed by atoms with Crippen molar-refractivity contribution >= 4 is 0 Å². The zero-order chi connectivity index (χ0) is 23.0. The first kappa shape index (κ1) is 22.3. The lowest BCUT2D eigenvalue weighted by atomic mass is 9.45. The van der Waals surface area contributed by atoms with Gasteiger partial charge in [-0.25, -0.2) is 4.98 Å². The van der Waals surface area contributed by atoms with E-state index in [1.165, 1.54) is 51.4 Å². The van der Waals surface area contributed by atoms with Crippen LogP contribution in [0.1, 0.15) is 77.8 Å². The van der Waals surface area contributed by atoms with Gasteiger partial charge in [0.1, 0.15) is 0 Å². The van der Waals surface area contributed by atoms with Crippen LogP contribution in [-0.4, -0.2) is 29.9 Å². The number of fused-ring (bicyclic) bond motifs is 4. The first-order valence-electron chi connectivity index (χ1n) is 13.6. The number of aliphatic hydroxyl groups excluding tert-OH is 1. The first-order valence-corrected chi connectivity index (χ1v) is 13.6. The second-order valence-electron chi connectivity index (χ2n) is 12.9. The predicted molar refractivity (Wildman–Crippen MR) is 129 cm³/mol. The molecule has 182 valence electrons. The molecule has 5 aliphatic carbocycles. The molecule has 1 heterocycles. The zero-order valence-corrected chi connectivity index (χ0v) is 21.1. The highest BCUT2D eigenvalue weighted by atomic mass is 16.5. The molecular weight excluding hydrogens is 410 g/mol. The molecule has 1 spiro atoms. The van der Waals surface area contributed by atoms with Gasteiger partial charge in [0.05, 0.1) is 25.0 Å². The molecule has 1 N–H and O–H groups in total. The van der Waals surface area contributed by atoms with E-state index in [1.807, 2.05) is 25.3 Å². The third-order valence-corrected chi connectivity index (χ3v) is 12.0. The van der Waals surface area contributed by atoms with Crippen molar-refractivity contribution < 1.29 is 14.6 Å². The van der Waals surface area contributed by atoms with Gasteiger partial charge >= 0.3 is 0 Å². The number of ether oxygens (including phenoxy) is 2. The first-order chi connectivity index (χ1) is 15.9. The van der Waals surface area contributed by atoms with Crippen LogP contribution >= 0.6 is 0 Å². The van der Waals surface area contributed by atoms with Crippen LogP contribution in [0.15, 0.2) is 18.2 Å². The topological polar surface area (TPSA) is 51.6 Å². The van der Waals surface area contributed by atoms with E-state index < -0.39 is 0 Å². The Kier molecular flexibility index (Phi) is 5.20. The molecule has 5 fully saturated rings. The molecule has 2 unspecified atom stereocenters. The van der Waals surface area contributed by atoms with Gasteiger partial charge in [0.25, 0.3) is 0 Å². The maximum absolute atomic E-state index is 9.37. The molecule has 1 aromatic rings. The standard InChI is InChI=1S/C29H43NO3/c1-18(17-33-26-7-5-6-20(16-31)30-26)22-8-9-23-21-14-25(32-4)29-15-19(29)10-13-28(29,3)24(21)11-12-27(22,23)2/h5-7,18-19,21-25,31H,8-17H2,1-4H3/t18-,19?,21+,22-,23+,24+,25?,27-,28-,29+/m1/s1. The van der Waals surface area contributed by atoms with Crippen LogP contribution in [0.2, 0.25) is 0 Å². The minimum atomic E-state index is -0.0406. The van der Waals surface area contributed by atoms with Gasteiger partial charge in [-0.2, -0.15) is 0 Å². The lowest BCUT2D eigenvalue weighted by Crippen LogP contribution is -2.57. The summed E-state index contributed by atoms with van der Waals surface area (Å²) in [6.07, 6.45) is 11.7. The number of hydrogen-bond donors (Lipinski definition) is 1. The number of pyridine rings is 1. The van der Waals surface area contributed by atoms with Crippen molar-refractivity contribution in [3.8, 4) is 5.88 Å². The molecule has 33 heavy (non-hydrogen) atoms. The molecule has 0 saturated heterocycles. The highest BCUT2D eigenvalue weighted by molar-refractivity contribution is 5.26. The van der Waals surface area contributed by atoms with Crippen molar-refractivity contribution in [3.63, 3.8) is 0 Å². The van der Waals surface area contributed by atoms with Gasteiger partial charge in [-0.3, -0.25) is 0 Å². The average Bonchev–Trinajstić information content (AvgIpc) is 3.33. The van der Waals surface area contributed by atoms with E-state index in [2.05, 4.69) is 25.8 Å². The van der Waals surface area contributed by atoms with Crippen molar-refractivity contribution in [2.24, 2.45) is 51.8 Å². The second-order valence-corrected chi connectivity index (χ2v) is 12.9. The van der Waals surface area contributed by atoms with Crippen molar-refractivity contribution in [2.45, 2.75) is 84.8 Å². The molecule has 5 aliphatic rings. The Hall–Kier alpha value is -1.13. The summed E-state index contributed by atoms with van der Waals surface area (Å²) in [6.45, 7) is 8.35. The summed E-state index contributed by atoms with van der Waals surface area (Å²) in [7, 11) is 1.99. The molecule has 0 bridgehead atoms. The lowest BCUT2D eigenvalue weighted by molar-refractivity contribution is -0.161. The van der Waals surface area contributed by atoms with Crippen molar-refractivity contribution in [1.82, 2.24) is 4.98 Å². The number of hydrogen-bond acceptors (Lipinski definition) is 4. The zero-order valence-electron chi connectivity index (χ0n) is 21.1. The van der Waals surface area contributed by atoms with Crippen LogP contribution < -0.4 is 4.74 Å². The van der Waals surface area contributed by atoms with Gasteiger partial charge in [-0.15, -0.1) is 0 Å². The van der Waals surface area contributed by atoms with E-state index >= 15 is 0 Å². The van der Waals surface area contributed by atoms with Crippen molar-refractivity contribution in [3.05, 3.63) is 23.9 Å². The van der Waals surface area contributed by atoms with E-state index in [0.29, 0.717) is 52.4 Å². The molecule has 10 atom stereocenters. The van der Waals surface area contributed by atoms with Gasteiger partial charge < -0.3 is 14.6 Å². The third-order valence-electron chi connectivity index (χ3n) is 12.0. The largest absolute Gasteiger partial charge is 0.477 e. The van der Waals surface area contributed by atoms with E-state index in [4.69, 9.17) is 9.47 Å². The summed E-state index contributed by atoms with van der Waals surface area (Å²) in [5.41, 5.74) is 2.13. The molecule has 0 radical (unpaired) electrons. The van der Waals surface area contributed by atoms with E-state index in [-0.39, 0.29) is 6.61 Å². The Balaban J connectivity index is 1.19. The van der Waals surface area contributed by atoms with Crippen LogP contribution in [-0.2, 0) is 11.3 Å². The molecule has 0 aliphatic heterocycles. The number of methoxy groups -OCH3 is 1. The van der Waals surface area contributed by atoms with Gasteiger partial charge in [-0.05, 0) is 104 Å². The number of aliphatic hydroxyl groups is 1. The van der Waals surface area contributed by atoms with E-state index in [0.717, 1.165) is 23.7 Å². The summed E-state index contributed by atoms with van der Waals surface area (Å²) in [4.78, 5) is 4.42. The van der Waals surface area contributed by atoms with E-state index in [1.54, 1.807) is 0 Å². The monoisotopic (exact) mass is 453 g/mol. The normalized spacial score (nSPS) is 48.4. The SMILES string of the molecule is COC1C[C@H]2[C@@H]3CC[C@H]([C@H](C)COc4cccc(CO)n4)[C@@]3(C)CC[C@@H]2[C@@]2(C)CCC3C[C@]312. The summed E-state index contributed by atoms with van der Waals surface area (Å²) in [6, 6.07) is 5.67. The van der Waals surface area contributed by atoms with Gasteiger partial charge in [0.15, 0.2) is 0 Å². The van der Waals surface area contributed by atoms with Gasteiger partial charge in [-0.1, -0.05) is 26.8 Å². The maximum Gasteiger partial charge on any atom is 0.213 e. The van der Waals surface area contributed by atoms with E-state index in [9.17, 15) is 5.11 Å². The Morgan fingerprint density at radius 2 is 1.97 bits per heavy atom. The summed E-state index contributed by atoms with van der Waals surface area (Å²) >= 11 is 0. The quantitative estimate of drug-likeness (QED) is 0.585. The third kappa shape index (κ3) is 2.98. The maximum atomic E-state index is 9.37. The van der Waals surface area contributed by atoms with Crippen LogP contribution in [0.3, 0.4) is 0 Å². The number of nitrogens with zero attached hydrogens (tertiary/aromatic N) is 1. The van der Waals surface area contributed by atoms with Crippen molar-refractivity contribution in [1.29, 1.82) is 0 Å². The molecule has 1 aromatic heterocycles. The highest BCUT2D eigenvalue weighted by Crippen LogP contribution is 2.82. The fourth-order valence-electron chi connectivity index (χ4n) is 10.5. The Bertz CT molecular complexity index is 905. The van der Waals surface area contributed by atoms with Gasteiger partial charge in [0.2, 0.25) is 5.88 Å². The van der Waals surface area contributed by atoms with Crippen molar-refractivity contribution in [2.75, 3.05) is 13.7 Å². The fourth-order valence-corrected chi connectivity index (χ4v) is 10.5. The van der Waals surface area contributed by atoms with Crippen LogP contribution in [0.25, 0.3) is 0 Å². The van der Waals surface area contributed by atoms with Crippen LogP contribution in [0.4, 0.5) is 0 Å². The average molecular weight is 454 g/mol. The Morgan fingerprint density at radius 3 is 2.73 bits per heavy atom. The summed E-state index contributed by atoms with van der Waals surface area (Å²) in [5, 5.41) is 9.37. The summed E-state index contributed by atoms with van der Waals surface area (Å²) in [5.74, 6) is 5.41. The minimum absolute atomic E-state index is 0.0406. The minimum Gasteiger partial charge on any atom is -0.477 e. The molecular formula is C29H43NO3.